The molecule has 1 saturated heterocycles. The van der Waals surface area contributed by atoms with Gasteiger partial charge >= 0.3 is 0 Å². The van der Waals surface area contributed by atoms with Gasteiger partial charge in [0.15, 0.2) is 0 Å². The summed E-state index contributed by atoms with van der Waals surface area (Å²) in [5.41, 5.74) is 0. The highest BCUT2D eigenvalue weighted by atomic mass is 32.2. The van der Waals surface area contributed by atoms with Crippen LogP contribution < -0.4 is 0 Å². The minimum atomic E-state index is -0.290. The second-order valence-corrected chi connectivity index (χ2v) is 7.89. The third-order valence-electron chi connectivity index (χ3n) is 4.58. The van der Waals surface area contributed by atoms with E-state index in [-0.39, 0.29) is 11.2 Å². The van der Waals surface area contributed by atoms with Gasteiger partial charge in [0.05, 0.1) is 37.0 Å². The zero-order chi connectivity index (χ0) is 18.4. The molecule has 1 aromatic heterocycles. The highest BCUT2D eigenvalue weighted by Crippen LogP contribution is 2.37. The van der Waals surface area contributed by atoms with Gasteiger partial charge < -0.3 is 9.64 Å². The molecule has 9 nitrogen and oxygen atoms in total. The van der Waals surface area contributed by atoms with Crippen LogP contribution in [0.3, 0.4) is 0 Å². The van der Waals surface area contributed by atoms with Crippen molar-refractivity contribution in [1.29, 1.82) is 5.26 Å². The van der Waals surface area contributed by atoms with Crippen molar-refractivity contribution in [1.82, 2.24) is 30.0 Å². The Morgan fingerprint density at radius 2 is 2.19 bits per heavy atom. The quantitative estimate of drug-likeness (QED) is 0.574. The van der Waals surface area contributed by atoms with E-state index in [1.807, 2.05) is 11.6 Å². The molecule has 1 unspecified atom stereocenters. The first-order chi connectivity index (χ1) is 12.7. The maximum Gasteiger partial charge on any atom is 0.235 e. The molecule has 0 N–H and O–H groups in total. The van der Waals surface area contributed by atoms with E-state index < -0.39 is 0 Å². The summed E-state index contributed by atoms with van der Waals surface area (Å²) in [5, 5.41) is 21.2. The predicted octanol–water partition coefficient (Wildman–Crippen LogP) is 0.563. The highest BCUT2D eigenvalue weighted by Gasteiger charge is 2.30. The normalized spacial score (nSPS) is 19.1. The van der Waals surface area contributed by atoms with Crippen LogP contribution in [0.15, 0.2) is 5.16 Å². The molecule has 1 amide bonds. The number of carbonyl (C=O) groups is 1. The lowest BCUT2D eigenvalue weighted by Gasteiger charge is -2.30. The van der Waals surface area contributed by atoms with E-state index in [2.05, 4.69) is 26.5 Å². The van der Waals surface area contributed by atoms with Crippen molar-refractivity contribution in [3.05, 3.63) is 0 Å². The number of ether oxygens (including phenoxy) is 1. The minimum Gasteiger partial charge on any atom is -0.379 e. The Kier molecular flexibility index (Phi) is 6.82. The number of carbonyl (C=O) groups excluding carboxylic acids is 1. The lowest BCUT2D eigenvalue weighted by Crippen LogP contribution is -2.45. The Hall–Kier alpha value is -1.70. The number of hydrogen-bond donors (Lipinski definition) is 0. The molecule has 0 bridgehead atoms. The first-order valence-corrected chi connectivity index (χ1v) is 9.97. The number of tetrazole rings is 1. The van der Waals surface area contributed by atoms with Crippen molar-refractivity contribution in [3.8, 4) is 6.07 Å². The van der Waals surface area contributed by atoms with E-state index in [1.165, 1.54) is 11.8 Å². The van der Waals surface area contributed by atoms with Gasteiger partial charge in [0.2, 0.25) is 11.1 Å². The van der Waals surface area contributed by atoms with Crippen molar-refractivity contribution in [3.63, 3.8) is 0 Å². The Labute approximate surface area is 157 Å². The van der Waals surface area contributed by atoms with Gasteiger partial charge in [-0.3, -0.25) is 9.69 Å². The van der Waals surface area contributed by atoms with E-state index in [4.69, 9.17) is 10.00 Å². The number of nitriles is 1. The Bertz CT molecular complexity index is 637. The lowest BCUT2D eigenvalue weighted by atomic mass is 10.3. The van der Waals surface area contributed by atoms with Crippen LogP contribution in [0.25, 0.3) is 0 Å². The van der Waals surface area contributed by atoms with Crippen LogP contribution >= 0.6 is 11.8 Å². The number of amides is 1. The standard InChI is InChI=1S/C16H25N7O2S/c1-13(26-16-18-19-20-23(16)14-3-4-14)15(24)22(6-2-5-17)8-7-21-9-11-25-12-10-21/h13-14H,2-4,6-12H2,1H3. The molecule has 1 aliphatic heterocycles. The molecule has 1 aromatic rings. The number of thioether (sulfide) groups is 1. The van der Waals surface area contributed by atoms with Crippen molar-refractivity contribution in [2.45, 2.75) is 42.6 Å². The SMILES string of the molecule is CC(Sc1nnnn1C1CC1)C(=O)N(CCC#N)CCN1CCOCC1. The summed E-state index contributed by atoms with van der Waals surface area (Å²) in [4.78, 5) is 17.0. The third kappa shape index (κ3) is 5.16. The first kappa shape index (κ1) is 19.1. The maximum atomic E-state index is 12.9. The van der Waals surface area contributed by atoms with E-state index in [9.17, 15) is 4.79 Å². The number of aromatic nitrogens is 4. The predicted molar refractivity (Wildman–Crippen MR) is 95.5 cm³/mol. The molecule has 10 heteroatoms. The fraction of sp³-hybridized carbons (Fsp3) is 0.812. The van der Waals surface area contributed by atoms with E-state index >= 15 is 0 Å². The molecule has 2 aliphatic rings. The van der Waals surface area contributed by atoms with Gasteiger partial charge in [-0.05, 0) is 30.2 Å². The Morgan fingerprint density at radius 1 is 1.42 bits per heavy atom. The van der Waals surface area contributed by atoms with Gasteiger partial charge in [0.1, 0.15) is 0 Å². The van der Waals surface area contributed by atoms with Crippen LogP contribution in [0.5, 0.6) is 0 Å². The molecule has 1 atom stereocenters. The van der Waals surface area contributed by atoms with E-state index in [0.717, 1.165) is 45.7 Å². The number of hydrogen-bond acceptors (Lipinski definition) is 8. The van der Waals surface area contributed by atoms with E-state index in [1.54, 1.807) is 4.90 Å². The molecular weight excluding hydrogens is 354 g/mol. The van der Waals surface area contributed by atoms with E-state index in [0.29, 0.717) is 30.7 Å². The molecule has 3 rings (SSSR count). The van der Waals surface area contributed by atoms with Crippen LogP contribution in [0.4, 0.5) is 0 Å². The van der Waals surface area contributed by atoms with Crippen molar-refractivity contribution >= 4 is 17.7 Å². The van der Waals surface area contributed by atoms with Crippen LogP contribution in [-0.4, -0.2) is 87.1 Å². The van der Waals surface area contributed by atoms with Crippen molar-refractivity contribution < 1.29 is 9.53 Å². The summed E-state index contributed by atoms with van der Waals surface area (Å²) in [6.45, 7) is 7.02. The molecule has 2 fully saturated rings. The second-order valence-electron chi connectivity index (χ2n) is 6.58. The lowest BCUT2D eigenvalue weighted by molar-refractivity contribution is -0.130. The maximum absolute atomic E-state index is 12.9. The van der Waals surface area contributed by atoms with Gasteiger partial charge in [-0.15, -0.1) is 5.10 Å². The summed E-state index contributed by atoms with van der Waals surface area (Å²) >= 11 is 1.40. The summed E-state index contributed by atoms with van der Waals surface area (Å²) in [6, 6.07) is 2.52. The molecule has 142 valence electrons. The van der Waals surface area contributed by atoms with Crippen LogP contribution in [0, 0.1) is 11.3 Å². The summed E-state index contributed by atoms with van der Waals surface area (Å²) < 4.78 is 7.18. The van der Waals surface area contributed by atoms with Crippen LogP contribution in [-0.2, 0) is 9.53 Å². The average molecular weight is 379 g/mol. The summed E-state index contributed by atoms with van der Waals surface area (Å²) in [5.74, 6) is 0.0313. The average Bonchev–Trinajstić information content (AvgIpc) is 3.41. The topological polar surface area (TPSA) is 100 Å². The number of morpholine rings is 1. The van der Waals surface area contributed by atoms with Crippen molar-refractivity contribution in [2.75, 3.05) is 45.9 Å². The molecular formula is C16H25N7O2S. The second kappa shape index (κ2) is 9.30. The molecule has 2 heterocycles. The molecule has 1 aliphatic carbocycles. The van der Waals surface area contributed by atoms with Gasteiger partial charge in [-0.1, -0.05) is 11.8 Å². The number of rotatable bonds is 9. The van der Waals surface area contributed by atoms with Gasteiger partial charge in [-0.2, -0.15) is 5.26 Å². The third-order valence-corrected chi connectivity index (χ3v) is 5.62. The zero-order valence-corrected chi connectivity index (χ0v) is 15.9. The monoisotopic (exact) mass is 379 g/mol. The molecule has 0 aromatic carbocycles. The van der Waals surface area contributed by atoms with Gasteiger partial charge in [0.25, 0.3) is 0 Å². The Morgan fingerprint density at radius 3 is 2.88 bits per heavy atom. The number of nitrogens with zero attached hydrogens (tertiary/aromatic N) is 7. The van der Waals surface area contributed by atoms with Crippen LogP contribution in [0.2, 0.25) is 0 Å². The molecule has 0 spiro atoms. The Balaban J connectivity index is 1.56. The smallest absolute Gasteiger partial charge is 0.235 e. The summed E-state index contributed by atoms with van der Waals surface area (Å²) in [7, 11) is 0. The first-order valence-electron chi connectivity index (χ1n) is 9.09. The van der Waals surface area contributed by atoms with Gasteiger partial charge in [-0.25, -0.2) is 4.68 Å². The molecule has 1 saturated carbocycles. The zero-order valence-electron chi connectivity index (χ0n) is 15.1. The van der Waals surface area contributed by atoms with Gasteiger partial charge in [0, 0.05) is 32.7 Å². The largest absolute Gasteiger partial charge is 0.379 e. The minimum absolute atomic E-state index is 0.0313. The summed E-state index contributed by atoms with van der Waals surface area (Å²) in [6.07, 6.45) is 2.52. The van der Waals surface area contributed by atoms with Crippen LogP contribution in [0.1, 0.15) is 32.2 Å². The molecule has 0 radical (unpaired) electrons. The highest BCUT2D eigenvalue weighted by molar-refractivity contribution is 8.00. The fourth-order valence-electron chi connectivity index (χ4n) is 2.88. The molecule has 26 heavy (non-hydrogen) atoms. The van der Waals surface area contributed by atoms with Crippen molar-refractivity contribution in [2.24, 2.45) is 0 Å². The fourth-order valence-corrected chi connectivity index (χ4v) is 3.82.